The second-order valence-electron chi connectivity index (χ2n) is 24.8. The number of aliphatic hydroxyl groups excluding tert-OH is 3. The van der Waals surface area contributed by atoms with Crippen LogP contribution < -0.4 is 5.32 Å². The molecule has 15 heteroatoms. The van der Waals surface area contributed by atoms with E-state index in [9.17, 15) is 40.9 Å². The number of piperidine rings is 1. The number of rotatable bonds is 7. The number of hydrogen-bond donors (Lipinski definition) is 9. The first-order valence-electron chi connectivity index (χ1n) is 26.5. The van der Waals surface area contributed by atoms with E-state index in [1.54, 1.807) is 24.1 Å². The number of nitrogens with one attached hydrogen (secondary N) is 1. The third-order valence-electron chi connectivity index (χ3n) is 22.2. The van der Waals surface area contributed by atoms with E-state index in [0.29, 0.717) is 102 Å². The van der Waals surface area contributed by atoms with Crippen molar-refractivity contribution in [2.45, 2.75) is 170 Å². The van der Waals surface area contributed by atoms with Gasteiger partial charge in [0.25, 0.3) is 0 Å². The number of allylic oxidation sites excluding steroid dienone is 1. The van der Waals surface area contributed by atoms with E-state index >= 15 is 9.59 Å². The zero-order valence-corrected chi connectivity index (χ0v) is 41.1. The second-order valence-corrected chi connectivity index (χ2v) is 24.8. The molecule has 7 fully saturated rings. The summed E-state index contributed by atoms with van der Waals surface area (Å²) < 4.78 is 18.4. The summed E-state index contributed by atoms with van der Waals surface area (Å²) in [5.41, 5.74) is -4.72. The Balaban J connectivity index is 0.998. The molecule has 0 radical (unpaired) electrons. The lowest BCUT2D eigenvalue weighted by Gasteiger charge is -2.67. The Bertz CT molecular complexity index is 2450. The first kappa shape index (κ1) is 48.0. The molecular weight excluding hydrogens is 897 g/mol. The van der Waals surface area contributed by atoms with Crippen molar-refractivity contribution in [1.82, 2.24) is 10.2 Å². The number of ketones is 1. The first-order valence-corrected chi connectivity index (χ1v) is 26.5. The molecule has 12 rings (SSSR count). The lowest BCUT2D eigenvalue weighted by Crippen LogP contribution is -2.71. The van der Waals surface area contributed by atoms with Crippen LogP contribution in [0, 0.1) is 69.0 Å². The number of Topliss-reactive ketones (excluding diaryl/α,β-unsaturated/α-hetero) is 1. The summed E-state index contributed by atoms with van der Waals surface area (Å²) in [7, 11) is 1.67. The Morgan fingerprint density at radius 1 is 0.943 bits per heavy atom. The molecule has 7 bridgehead atoms. The Kier molecular flexibility index (Phi) is 11.0. The normalized spacial score (nSPS) is 50.2. The van der Waals surface area contributed by atoms with Gasteiger partial charge in [0, 0.05) is 86.9 Å². The number of aromatic hydroxyl groups is 1. The fourth-order valence-corrected chi connectivity index (χ4v) is 18.7. The molecule has 4 aliphatic heterocycles. The predicted molar refractivity (Wildman–Crippen MR) is 251 cm³/mol. The number of phenolic OH excluding ortho intramolecular Hbond substituents is 1. The van der Waals surface area contributed by atoms with Crippen molar-refractivity contribution < 1.29 is 64.7 Å². The van der Waals surface area contributed by atoms with Gasteiger partial charge >= 0.3 is 0 Å². The highest BCUT2D eigenvalue weighted by Crippen LogP contribution is 2.78. The number of ether oxygens (including phenoxy) is 3. The third kappa shape index (κ3) is 6.04. The molecular formula is C55H74N2O13. The second kappa shape index (κ2) is 16.0. The van der Waals surface area contributed by atoms with Crippen molar-refractivity contribution in [3.05, 3.63) is 40.5 Å². The van der Waals surface area contributed by atoms with Crippen LogP contribution in [0.5, 0.6) is 5.75 Å². The standard InChI is InChI=1S/C55H74N2O13/c1-49-14-12-33(69-18-6-17-68-4)22-39(49)42(61)35-10-8-30-20-40-50(2)15-16-53(49,44(35)54(30,50)65)13-5-7-31-25-57(31)48(63)45-52(23-28-19-29(26-58)36-21-32(60)9-11-34(36)37(28)24-52)41-38(27-59)46(55(66,67)51(40,3)64)70-43(41)47(62)56-45/h9,11,21,28-31,33,37-41,43,45-47,56,58-60,62,64-67H,6-8,10,12,14-20,22-27H2,1-4H3. The maximum atomic E-state index is 15.4. The number of phenols is 1. The highest BCUT2D eigenvalue weighted by molar-refractivity contribution is 6.01. The highest BCUT2D eigenvalue weighted by Gasteiger charge is 2.80. The number of hydrogen-bond acceptors (Lipinski definition) is 14. The van der Waals surface area contributed by atoms with Crippen LogP contribution in [0.25, 0.3) is 0 Å². The third-order valence-corrected chi connectivity index (χ3v) is 22.2. The first-order chi connectivity index (χ1) is 33.3. The van der Waals surface area contributed by atoms with Crippen LogP contribution in [-0.4, -0.2) is 151 Å². The topological polar surface area (TPSA) is 239 Å². The largest absolute Gasteiger partial charge is 0.508 e. The summed E-state index contributed by atoms with van der Waals surface area (Å²) in [6, 6.07) is 4.04. The summed E-state index contributed by atoms with van der Waals surface area (Å²) in [5, 5.41) is 102. The van der Waals surface area contributed by atoms with Gasteiger partial charge in [-0.05, 0) is 142 Å². The van der Waals surface area contributed by atoms with Gasteiger partial charge in [-0.1, -0.05) is 25.8 Å². The molecule has 382 valence electrons. The van der Waals surface area contributed by atoms with E-state index in [0.717, 1.165) is 17.5 Å². The number of methoxy groups -OCH3 is 1. The number of benzene rings is 1. The van der Waals surface area contributed by atoms with Crippen LogP contribution in [0.15, 0.2) is 29.3 Å². The summed E-state index contributed by atoms with van der Waals surface area (Å²) in [6.45, 7) is 6.32. The minimum atomic E-state index is -3.06. The zero-order valence-electron chi connectivity index (χ0n) is 41.1. The van der Waals surface area contributed by atoms with Gasteiger partial charge in [-0.15, -0.1) is 5.92 Å². The molecule has 1 spiro atoms. The molecule has 70 heavy (non-hydrogen) atoms. The molecule has 1 aromatic carbocycles. The maximum absolute atomic E-state index is 15.4. The van der Waals surface area contributed by atoms with Crippen LogP contribution in [0.2, 0.25) is 0 Å². The number of amides is 1. The van der Waals surface area contributed by atoms with Gasteiger partial charge in [0.2, 0.25) is 11.7 Å². The number of fused-ring (bicyclic) bond motifs is 6. The average molecular weight is 971 g/mol. The van der Waals surface area contributed by atoms with E-state index in [-0.39, 0.29) is 60.4 Å². The maximum Gasteiger partial charge on any atom is 0.240 e. The fraction of sp³-hybridized carbons (Fsp3) is 0.782. The summed E-state index contributed by atoms with van der Waals surface area (Å²) in [6.07, 6.45) is 2.08. The van der Waals surface area contributed by atoms with Crippen molar-refractivity contribution in [2.24, 2.45) is 57.2 Å². The van der Waals surface area contributed by atoms with Crippen LogP contribution in [-0.2, 0) is 23.8 Å². The number of nitrogens with zero attached hydrogens (tertiary/aromatic N) is 1. The fourth-order valence-electron chi connectivity index (χ4n) is 18.7. The van der Waals surface area contributed by atoms with Gasteiger partial charge in [-0.25, -0.2) is 0 Å². The van der Waals surface area contributed by atoms with Crippen LogP contribution in [0.3, 0.4) is 0 Å². The van der Waals surface area contributed by atoms with Crippen molar-refractivity contribution >= 4 is 11.7 Å². The summed E-state index contributed by atoms with van der Waals surface area (Å²) in [5.74, 6) is 0.219. The van der Waals surface area contributed by atoms with Gasteiger partial charge in [-0.3, -0.25) is 14.9 Å². The van der Waals surface area contributed by atoms with Crippen LogP contribution >= 0.6 is 0 Å². The number of carbonyl (C=O) groups excluding carboxylic acids is 2. The van der Waals surface area contributed by atoms with E-state index < -0.39 is 99.3 Å². The Morgan fingerprint density at radius 2 is 1.74 bits per heavy atom. The Morgan fingerprint density at radius 3 is 2.50 bits per heavy atom. The van der Waals surface area contributed by atoms with Gasteiger partial charge in [0.1, 0.15) is 29.8 Å². The SMILES string of the molecule is COCCCOC1CCC2(C)C(C1)C(=O)C1=C3C24C#CCC2CN2C(=O)C2NC(O)C5OC(C(CO)C5C25CC2CC(CO)c6cc(O)ccc6C2C5)C(O)(O)C(C)(O)C2CC(CC1)C3(O)C2(C)CC4. The van der Waals surface area contributed by atoms with E-state index in [1.165, 1.54) is 6.92 Å². The van der Waals surface area contributed by atoms with E-state index in [4.69, 9.17) is 14.2 Å². The quantitative estimate of drug-likeness (QED) is 0.0828. The van der Waals surface area contributed by atoms with Crippen molar-refractivity contribution in [3.8, 4) is 17.6 Å². The Hall–Kier alpha value is -2.98. The molecule has 1 aromatic rings. The van der Waals surface area contributed by atoms with E-state index in [1.807, 2.05) is 13.0 Å². The predicted octanol–water partition coefficient (Wildman–Crippen LogP) is 2.74. The van der Waals surface area contributed by atoms with Gasteiger partial charge in [0.15, 0.2) is 5.78 Å². The number of carbonyl (C=O) groups is 2. The minimum Gasteiger partial charge on any atom is -0.508 e. The molecule has 15 nitrogen and oxygen atoms in total. The molecule has 4 heterocycles. The highest BCUT2D eigenvalue weighted by atomic mass is 16.6. The van der Waals surface area contributed by atoms with Gasteiger partial charge < -0.3 is 60.0 Å². The lowest BCUT2D eigenvalue weighted by atomic mass is 9.37. The molecule has 20 atom stereocenters. The molecule has 1 amide bonds. The van der Waals surface area contributed by atoms with Gasteiger partial charge in [-0.2, -0.15) is 0 Å². The minimum absolute atomic E-state index is 0.0261. The Labute approximate surface area is 410 Å². The summed E-state index contributed by atoms with van der Waals surface area (Å²) in [4.78, 5) is 32.4. The lowest BCUT2D eigenvalue weighted by molar-refractivity contribution is -0.345. The number of aliphatic hydroxyl groups is 7. The molecule has 20 unspecified atom stereocenters. The molecule has 0 aromatic heterocycles. The van der Waals surface area contributed by atoms with E-state index in [2.05, 4.69) is 24.1 Å². The van der Waals surface area contributed by atoms with Crippen molar-refractivity contribution in [2.75, 3.05) is 40.1 Å². The van der Waals surface area contributed by atoms with Crippen molar-refractivity contribution in [1.29, 1.82) is 0 Å². The van der Waals surface area contributed by atoms with Crippen LogP contribution in [0.1, 0.15) is 127 Å². The van der Waals surface area contributed by atoms with Gasteiger partial charge in [0.05, 0.1) is 29.2 Å². The zero-order chi connectivity index (χ0) is 49.3. The molecule has 3 saturated heterocycles. The monoisotopic (exact) mass is 971 g/mol. The summed E-state index contributed by atoms with van der Waals surface area (Å²) >= 11 is 0. The van der Waals surface area contributed by atoms with Crippen LogP contribution in [0.4, 0.5) is 0 Å². The molecule has 4 saturated carbocycles. The smallest absolute Gasteiger partial charge is 0.240 e. The molecule has 11 aliphatic rings. The molecule has 9 N–H and O–H groups in total. The molecule has 7 aliphatic carbocycles. The average Bonchev–Trinajstić information content (AvgIpc) is 3.70. The van der Waals surface area contributed by atoms with Crippen molar-refractivity contribution in [3.63, 3.8) is 0 Å².